The normalized spacial score (nSPS) is 12.4. The second kappa shape index (κ2) is 44.6. The molecule has 0 aliphatic rings. The van der Waals surface area contributed by atoms with Crippen LogP contribution in [-0.2, 0) is 0 Å². The highest BCUT2D eigenvalue weighted by Crippen LogP contribution is 2.24. The van der Waals surface area contributed by atoms with Gasteiger partial charge in [0.1, 0.15) is 0 Å². The van der Waals surface area contributed by atoms with Crippen LogP contribution in [0.1, 0.15) is 290 Å². The molecule has 310 valence electrons. The predicted octanol–water partition coefficient (Wildman–Crippen LogP) is 14.9. The summed E-state index contributed by atoms with van der Waals surface area (Å²) in [5, 5.41) is 0. The Kier molecular flexibility index (Phi) is 46.7. The maximum absolute atomic E-state index is 2.59. The summed E-state index contributed by atoms with van der Waals surface area (Å²) in [5.74, 6) is 0. The molecule has 0 N–H and O–H groups in total. The van der Waals surface area contributed by atoms with E-state index in [0.29, 0.717) is 0 Å². The van der Waals surface area contributed by atoms with Crippen LogP contribution >= 0.6 is 0 Å². The maximum Gasteiger partial charge on any atom is 0.0886 e. The van der Waals surface area contributed by atoms with Crippen molar-refractivity contribution in [1.82, 2.24) is 0 Å². The third-order valence-electron chi connectivity index (χ3n) is 12.4. The quantitative estimate of drug-likeness (QED) is 0.0431. The largest absolute Gasteiger partial charge is 1.00 e. The van der Waals surface area contributed by atoms with E-state index in [4.69, 9.17) is 0 Å². The smallest absolute Gasteiger partial charge is 0.0886 e. The van der Waals surface area contributed by atoms with Crippen LogP contribution in [0.15, 0.2) is 0 Å². The maximum atomic E-state index is 2.59. The average molecular weight is 741 g/mol. The lowest BCUT2D eigenvalue weighted by atomic mass is 9.96. The molecule has 0 saturated heterocycles. The summed E-state index contributed by atoms with van der Waals surface area (Å²) in [4.78, 5) is 0. The van der Waals surface area contributed by atoms with Crippen molar-refractivity contribution in [3.63, 3.8) is 0 Å². The van der Waals surface area contributed by atoms with Crippen LogP contribution in [0.3, 0.4) is 0 Å². The van der Waals surface area contributed by atoms with Gasteiger partial charge in [-0.15, -0.1) is 0 Å². The molecule has 0 fully saturated rings. The minimum atomic E-state index is 0. The average Bonchev–Trinajstić information content (AvgIpc) is 3.11. The van der Waals surface area contributed by atoms with Gasteiger partial charge in [-0.2, -0.15) is 0 Å². The van der Waals surface area contributed by atoms with Crippen LogP contribution in [0.2, 0.25) is 0 Å². The van der Waals surface area contributed by atoms with Gasteiger partial charge in [0.25, 0.3) is 0 Å². The van der Waals surface area contributed by atoms with Crippen molar-refractivity contribution in [1.29, 1.82) is 0 Å². The zero-order valence-electron chi connectivity index (χ0n) is 36.8. The van der Waals surface area contributed by atoms with Crippen molar-refractivity contribution >= 4 is 0 Å². The minimum absolute atomic E-state index is 0. The second-order valence-electron chi connectivity index (χ2n) is 17.8. The highest BCUT2D eigenvalue weighted by atomic mass is 35.5. The molecular weight excluding hydrogens is 638 g/mol. The number of hydrogen-bond acceptors (Lipinski definition) is 0. The first-order valence-electron chi connectivity index (χ1n) is 24.4. The summed E-state index contributed by atoms with van der Waals surface area (Å²) in [6.07, 6.45) is 61.6. The van der Waals surface area contributed by atoms with Gasteiger partial charge < -0.3 is 16.9 Å². The topological polar surface area (TPSA) is 0 Å². The van der Waals surface area contributed by atoms with E-state index in [1.165, 1.54) is 281 Å². The molecule has 0 spiro atoms. The Bertz CT molecular complexity index is 603. The molecule has 0 saturated carbocycles. The van der Waals surface area contributed by atoms with Crippen molar-refractivity contribution in [2.45, 2.75) is 296 Å². The van der Waals surface area contributed by atoms with E-state index in [9.17, 15) is 0 Å². The minimum Gasteiger partial charge on any atom is -1.00 e. The lowest BCUT2D eigenvalue weighted by Gasteiger charge is -2.39. The highest BCUT2D eigenvalue weighted by Gasteiger charge is 2.26. The van der Waals surface area contributed by atoms with Gasteiger partial charge in [-0.05, 0) is 38.5 Å². The molecule has 0 aromatic rings. The SMILES string of the molecule is CCCCCCCCCCCCCCCCCC[N+](C)(C)C(CCCCCCCCCCCC)CCCCCCCCCCCCCCCC.[Cl-]. The monoisotopic (exact) mass is 740 g/mol. The Hall–Kier alpha value is 0.250. The summed E-state index contributed by atoms with van der Waals surface area (Å²) in [7, 11) is 5.19. The van der Waals surface area contributed by atoms with Crippen LogP contribution in [0, 0.1) is 0 Å². The molecule has 2 heteroatoms. The van der Waals surface area contributed by atoms with Gasteiger partial charge in [-0.1, -0.05) is 252 Å². The summed E-state index contributed by atoms with van der Waals surface area (Å²) in [6, 6.07) is 0.887. The Labute approximate surface area is 332 Å². The summed E-state index contributed by atoms with van der Waals surface area (Å²) in [6.45, 7) is 8.37. The zero-order valence-corrected chi connectivity index (χ0v) is 37.6. The standard InChI is InChI=1S/C49H102N.ClH/c1-6-9-12-15-18-21-24-26-28-29-31-33-36-39-42-45-48-50(4,5)49(46-43-40-37-34-23-20-17-14-11-8-3)47-44-41-38-35-32-30-27-25-22-19-16-13-10-7-2;/h49H,6-48H2,1-5H3;1H/q+1;/p-1. The molecule has 1 unspecified atom stereocenters. The van der Waals surface area contributed by atoms with Crippen molar-refractivity contribution in [2.75, 3.05) is 20.6 Å². The zero-order chi connectivity index (χ0) is 36.5. The molecule has 0 aliphatic heterocycles. The third-order valence-corrected chi connectivity index (χ3v) is 12.4. The van der Waals surface area contributed by atoms with Crippen LogP contribution in [0.4, 0.5) is 0 Å². The van der Waals surface area contributed by atoms with Crippen molar-refractivity contribution < 1.29 is 16.9 Å². The molecule has 0 bridgehead atoms. The Morgan fingerprint density at radius 1 is 0.255 bits per heavy atom. The highest BCUT2D eigenvalue weighted by molar-refractivity contribution is 4.62. The number of hydrogen-bond donors (Lipinski definition) is 0. The summed E-state index contributed by atoms with van der Waals surface area (Å²) in [5.41, 5.74) is 0. The molecule has 0 heterocycles. The van der Waals surface area contributed by atoms with Gasteiger partial charge >= 0.3 is 0 Å². The van der Waals surface area contributed by atoms with Crippen molar-refractivity contribution in [2.24, 2.45) is 0 Å². The van der Waals surface area contributed by atoms with Gasteiger partial charge in [-0.3, -0.25) is 0 Å². The van der Waals surface area contributed by atoms with E-state index in [0.717, 1.165) is 6.04 Å². The van der Waals surface area contributed by atoms with Crippen LogP contribution < -0.4 is 12.4 Å². The van der Waals surface area contributed by atoms with E-state index in [2.05, 4.69) is 34.9 Å². The number of quaternary nitrogens is 1. The lowest BCUT2D eigenvalue weighted by Crippen LogP contribution is -3.00. The Balaban J connectivity index is 0. The van der Waals surface area contributed by atoms with Gasteiger partial charge in [0, 0.05) is 0 Å². The molecule has 0 rings (SSSR count). The molecule has 1 nitrogen and oxygen atoms in total. The number of unbranched alkanes of at least 4 members (excludes halogenated alkanes) is 37. The van der Waals surface area contributed by atoms with Crippen LogP contribution in [0.5, 0.6) is 0 Å². The fourth-order valence-electron chi connectivity index (χ4n) is 8.54. The van der Waals surface area contributed by atoms with Crippen LogP contribution in [-0.4, -0.2) is 31.2 Å². The second-order valence-corrected chi connectivity index (χ2v) is 17.8. The van der Waals surface area contributed by atoms with E-state index < -0.39 is 0 Å². The number of rotatable bonds is 44. The fourth-order valence-corrected chi connectivity index (χ4v) is 8.54. The van der Waals surface area contributed by atoms with E-state index in [-0.39, 0.29) is 12.4 Å². The Morgan fingerprint density at radius 2 is 0.431 bits per heavy atom. The van der Waals surface area contributed by atoms with E-state index in [1.807, 2.05) is 0 Å². The lowest BCUT2D eigenvalue weighted by molar-refractivity contribution is -0.916. The summed E-state index contributed by atoms with van der Waals surface area (Å²) >= 11 is 0. The van der Waals surface area contributed by atoms with Crippen molar-refractivity contribution in [3.05, 3.63) is 0 Å². The molecule has 0 aliphatic carbocycles. The molecule has 0 aromatic carbocycles. The summed E-state index contributed by atoms with van der Waals surface area (Å²) < 4.78 is 1.29. The third kappa shape index (κ3) is 41.3. The van der Waals surface area contributed by atoms with Crippen LogP contribution in [0.25, 0.3) is 0 Å². The van der Waals surface area contributed by atoms with Gasteiger partial charge in [-0.25, -0.2) is 0 Å². The molecule has 0 aromatic heterocycles. The van der Waals surface area contributed by atoms with Gasteiger partial charge in [0.2, 0.25) is 0 Å². The number of halogens is 1. The fraction of sp³-hybridized carbons (Fsp3) is 1.00. The first kappa shape index (κ1) is 53.4. The van der Waals surface area contributed by atoms with E-state index in [1.54, 1.807) is 0 Å². The first-order chi connectivity index (χ1) is 24.6. The van der Waals surface area contributed by atoms with E-state index >= 15 is 0 Å². The molecule has 0 radical (unpaired) electrons. The number of nitrogens with zero attached hydrogens (tertiary/aromatic N) is 1. The molecule has 51 heavy (non-hydrogen) atoms. The van der Waals surface area contributed by atoms with Gasteiger partial charge in [0.05, 0.1) is 26.7 Å². The molecular formula is C49H102ClN. The molecule has 1 atom stereocenters. The Morgan fingerprint density at radius 3 is 0.647 bits per heavy atom. The molecule has 0 amide bonds. The predicted molar refractivity (Wildman–Crippen MR) is 232 cm³/mol. The first-order valence-corrected chi connectivity index (χ1v) is 24.4. The van der Waals surface area contributed by atoms with Crippen molar-refractivity contribution in [3.8, 4) is 0 Å². The van der Waals surface area contributed by atoms with Gasteiger partial charge in [0.15, 0.2) is 0 Å².